The zero-order valence-corrected chi connectivity index (χ0v) is 10.6. The van der Waals surface area contributed by atoms with Crippen molar-refractivity contribution < 1.29 is 0 Å². The molecule has 0 aliphatic carbocycles. The number of aryl methyl sites for hydroxylation is 1. The lowest BCUT2D eigenvalue weighted by molar-refractivity contribution is 0.768. The molecule has 0 aliphatic heterocycles. The highest BCUT2D eigenvalue weighted by Gasteiger charge is 2.10. The van der Waals surface area contributed by atoms with E-state index >= 15 is 0 Å². The SMILES string of the molecule is CNc1cc(-c2cnn(C)c2)nc(-c2ncc[nH]2)n1. The van der Waals surface area contributed by atoms with Crippen LogP contribution in [0.3, 0.4) is 0 Å². The molecule has 0 saturated carbocycles. The fourth-order valence-electron chi connectivity index (χ4n) is 1.77. The minimum atomic E-state index is 0.552. The van der Waals surface area contributed by atoms with Crippen LogP contribution in [0.1, 0.15) is 0 Å². The quantitative estimate of drug-likeness (QED) is 0.737. The maximum absolute atomic E-state index is 4.51. The molecule has 0 fully saturated rings. The molecular formula is C12H13N7. The van der Waals surface area contributed by atoms with Crippen LogP contribution in [0.4, 0.5) is 5.82 Å². The average Bonchev–Trinajstić information content (AvgIpc) is 3.09. The molecule has 3 aromatic heterocycles. The van der Waals surface area contributed by atoms with Crippen molar-refractivity contribution in [1.82, 2.24) is 29.7 Å². The Hall–Kier alpha value is -2.70. The van der Waals surface area contributed by atoms with E-state index < -0.39 is 0 Å². The number of hydrogen-bond acceptors (Lipinski definition) is 5. The maximum atomic E-state index is 4.51. The highest BCUT2D eigenvalue weighted by Crippen LogP contribution is 2.21. The molecule has 19 heavy (non-hydrogen) atoms. The van der Waals surface area contributed by atoms with Crippen LogP contribution in [0.2, 0.25) is 0 Å². The van der Waals surface area contributed by atoms with Crippen LogP contribution in [0.15, 0.2) is 30.9 Å². The van der Waals surface area contributed by atoms with Gasteiger partial charge in [0.25, 0.3) is 0 Å². The van der Waals surface area contributed by atoms with Gasteiger partial charge in [-0.05, 0) is 0 Å². The van der Waals surface area contributed by atoms with Gasteiger partial charge in [-0.3, -0.25) is 4.68 Å². The van der Waals surface area contributed by atoms with Crippen molar-refractivity contribution in [1.29, 1.82) is 0 Å². The van der Waals surface area contributed by atoms with Crippen LogP contribution in [0.5, 0.6) is 0 Å². The van der Waals surface area contributed by atoms with Crippen molar-refractivity contribution in [2.24, 2.45) is 7.05 Å². The van der Waals surface area contributed by atoms with E-state index in [9.17, 15) is 0 Å². The number of nitrogens with zero attached hydrogens (tertiary/aromatic N) is 5. The van der Waals surface area contributed by atoms with Gasteiger partial charge in [-0.2, -0.15) is 5.10 Å². The Morgan fingerprint density at radius 1 is 1.32 bits per heavy atom. The summed E-state index contributed by atoms with van der Waals surface area (Å²) in [6, 6.07) is 1.88. The van der Waals surface area contributed by atoms with Crippen molar-refractivity contribution in [3.63, 3.8) is 0 Å². The van der Waals surface area contributed by atoms with Crippen molar-refractivity contribution in [3.8, 4) is 22.9 Å². The molecule has 0 spiro atoms. The Bertz CT molecular complexity index is 684. The second-order valence-corrected chi connectivity index (χ2v) is 4.05. The molecule has 96 valence electrons. The molecule has 2 N–H and O–H groups in total. The molecule has 3 aromatic rings. The van der Waals surface area contributed by atoms with E-state index in [1.54, 1.807) is 23.3 Å². The van der Waals surface area contributed by atoms with Crippen LogP contribution < -0.4 is 5.32 Å². The van der Waals surface area contributed by atoms with E-state index in [4.69, 9.17) is 0 Å². The number of rotatable bonds is 3. The third-order valence-electron chi connectivity index (χ3n) is 2.69. The van der Waals surface area contributed by atoms with Gasteiger partial charge in [-0.15, -0.1) is 0 Å². The third kappa shape index (κ3) is 2.17. The molecule has 3 heterocycles. The van der Waals surface area contributed by atoms with Crippen molar-refractivity contribution in [2.75, 3.05) is 12.4 Å². The van der Waals surface area contributed by atoms with Gasteiger partial charge in [0, 0.05) is 44.3 Å². The minimum Gasteiger partial charge on any atom is -0.373 e. The maximum Gasteiger partial charge on any atom is 0.198 e. The van der Waals surface area contributed by atoms with E-state index in [-0.39, 0.29) is 0 Å². The van der Waals surface area contributed by atoms with Gasteiger partial charge in [-0.25, -0.2) is 15.0 Å². The summed E-state index contributed by atoms with van der Waals surface area (Å²) in [6.45, 7) is 0. The predicted octanol–water partition coefficient (Wildman–Crippen LogP) is 1.31. The Balaban J connectivity index is 2.12. The van der Waals surface area contributed by atoms with E-state index in [0.29, 0.717) is 11.6 Å². The number of aromatic nitrogens is 6. The van der Waals surface area contributed by atoms with Gasteiger partial charge in [0.2, 0.25) is 0 Å². The molecule has 0 atom stereocenters. The van der Waals surface area contributed by atoms with Gasteiger partial charge in [0.15, 0.2) is 11.6 Å². The van der Waals surface area contributed by atoms with Crippen molar-refractivity contribution in [3.05, 3.63) is 30.9 Å². The van der Waals surface area contributed by atoms with Crippen LogP contribution in [-0.4, -0.2) is 36.8 Å². The summed E-state index contributed by atoms with van der Waals surface area (Å²) in [4.78, 5) is 16.1. The average molecular weight is 255 g/mol. The Labute approximate surface area is 109 Å². The lowest BCUT2D eigenvalue weighted by Crippen LogP contribution is -1.99. The number of H-pyrrole nitrogens is 1. The number of hydrogen-bond donors (Lipinski definition) is 2. The first-order chi connectivity index (χ1) is 9.26. The molecule has 0 radical (unpaired) electrons. The Morgan fingerprint density at radius 2 is 2.21 bits per heavy atom. The van der Waals surface area contributed by atoms with Gasteiger partial charge in [-0.1, -0.05) is 0 Å². The topological polar surface area (TPSA) is 84.3 Å². The smallest absolute Gasteiger partial charge is 0.198 e. The zero-order chi connectivity index (χ0) is 13.2. The predicted molar refractivity (Wildman–Crippen MR) is 71.4 cm³/mol. The molecule has 0 aliphatic rings. The summed E-state index contributed by atoms with van der Waals surface area (Å²) in [5.74, 6) is 1.93. The first-order valence-corrected chi connectivity index (χ1v) is 5.82. The largest absolute Gasteiger partial charge is 0.373 e. The lowest BCUT2D eigenvalue weighted by Gasteiger charge is -2.05. The van der Waals surface area contributed by atoms with E-state index in [1.165, 1.54) is 0 Å². The summed E-state index contributed by atoms with van der Waals surface area (Å²) >= 11 is 0. The first kappa shape index (κ1) is 11.4. The van der Waals surface area contributed by atoms with Crippen LogP contribution in [-0.2, 0) is 7.05 Å². The number of nitrogens with one attached hydrogen (secondary N) is 2. The molecule has 7 nitrogen and oxygen atoms in total. The molecule has 3 rings (SSSR count). The van der Waals surface area contributed by atoms with Crippen LogP contribution in [0, 0.1) is 0 Å². The molecule has 7 heteroatoms. The molecule has 0 aromatic carbocycles. The Morgan fingerprint density at radius 3 is 2.84 bits per heavy atom. The second-order valence-electron chi connectivity index (χ2n) is 4.05. The monoisotopic (exact) mass is 255 g/mol. The highest BCUT2D eigenvalue weighted by molar-refractivity contribution is 5.64. The summed E-state index contributed by atoms with van der Waals surface area (Å²) in [5, 5.41) is 7.18. The third-order valence-corrected chi connectivity index (χ3v) is 2.69. The minimum absolute atomic E-state index is 0.552. The summed E-state index contributed by atoms with van der Waals surface area (Å²) < 4.78 is 1.74. The molecule has 0 bridgehead atoms. The van der Waals surface area contributed by atoms with E-state index in [0.717, 1.165) is 17.1 Å². The molecule has 0 saturated heterocycles. The summed E-state index contributed by atoms with van der Waals surface area (Å²) in [5.41, 5.74) is 1.74. The number of anilines is 1. The fourth-order valence-corrected chi connectivity index (χ4v) is 1.77. The number of imidazole rings is 1. The standard InChI is InChI=1S/C12H13N7/c1-13-10-5-9(8-6-16-19(2)7-8)17-12(18-10)11-14-3-4-15-11/h3-7H,1-2H3,(H,14,15)(H,13,17,18). The second kappa shape index (κ2) is 4.52. The Kier molecular flexibility index (Phi) is 2.71. The van der Waals surface area contributed by atoms with Gasteiger partial charge in [0.05, 0.1) is 11.9 Å². The fraction of sp³-hybridized carbons (Fsp3) is 0.167. The normalized spacial score (nSPS) is 10.6. The summed E-state index contributed by atoms with van der Waals surface area (Å²) in [7, 11) is 3.69. The highest BCUT2D eigenvalue weighted by atomic mass is 15.2. The lowest BCUT2D eigenvalue weighted by atomic mass is 10.2. The van der Waals surface area contributed by atoms with Gasteiger partial charge >= 0.3 is 0 Å². The van der Waals surface area contributed by atoms with E-state index in [1.807, 2.05) is 26.4 Å². The van der Waals surface area contributed by atoms with Crippen molar-refractivity contribution in [2.45, 2.75) is 0 Å². The van der Waals surface area contributed by atoms with E-state index in [2.05, 4.69) is 30.4 Å². The molecular weight excluding hydrogens is 242 g/mol. The first-order valence-electron chi connectivity index (χ1n) is 5.82. The van der Waals surface area contributed by atoms with Gasteiger partial charge < -0.3 is 10.3 Å². The van der Waals surface area contributed by atoms with Crippen molar-refractivity contribution >= 4 is 5.82 Å². The summed E-state index contributed by atoms with van der Waals surface area (Å²) in [6.07, 6.45) is 7.10. The number of aromatic amines is 1. The van der Waals surface area contributed by atoms with Crippen LogP contribution >= 0.6 is 0 Å². The molecule has 0 unspecified atom stereocenters. The zero-order valence-electron chi connectivity index (χ0n) is 10.6. The van der Waals surface area contributed by atoms with Crippen LogP contribution in [0.25, 0.3) is 22.9 Å². The van der Waals surface area contributed by atoms with Gasteiger partial charge in [0.1, 0.15) is 5.82 Å². The molecule has 0 amide bonds.